The summed E-state index contributed by atoms with van der Waals surface area (Å²) in [5.41, 5.74) is 1.01. The van der Waals surface area contributed by atoms with Crippen molar-refractivity contribution in [2.45, 2.75) is 13.8 Å². The average Bonchev–Trinajstić information content (AvgIpc) is 2.64. The van der Waals surface area contributed by atoms with Crippen LogP contribution in [0.2, 0.25) is 10.0 Å². The molecule has 1 aliphatic rings. The molecule has 2 aromatic rings. The van der Waals surface area contributed by atoms with Gasteiger partial charge in [0.25, 0.3) is 5.91 Å². The maximum atomic E-state index is 12.8. The Kier molecular flexibility index (Phi) is 5.96. The number of likely N-dealkylation sites (N-methyl/N-ethyl adjacent to an activating group) is 1. The Bertz CT molecular complexity index is 806. The van der Waals surface area contributed by atoms with E-state index >= 15 is 0 Å². The van der Waals surface area contributed by atoms with Crippen LogP contribution in [-0.4, -0.2) is 58.4 Å². The van der Waals surface area contributed by atoms with E-state index in [1.165, 1.54) is 0 Å². The molecule has 1 N–H and O–H groups in total. The number of aryl methyl sites for hydroxylation is 1. The van der Waals surface area contributed by atoms with Crippen molar-refractivity contribution in [2.75, 3.05) is 38.0 Å². The molecular weight excluding hydrogens is 373 g/mol. The second-order valence-electron chi connectivity index (χ2n) is 6.14. The van der Waals surface area contributed by atoms with Crippen molar-refractivity contribution in [3.8, 4) is 0 Å². The SMILES string of the molecule is CCN1CCN(C(=O)c2cc(Nc3cccc(Cl)c3Cl)nc(C)n2)CC1. The second kappa shape index (κ2) is 8.20. The van der Waals surface area contributed by atoms with E-state index in [-0.39, 0.29) is 5.91 Å². The normalized spacial score (nSPS) is 15.2. The van der Waals surface area contributed by atoms with Crippen molar-refractivity contribution >= 4 is 40.6 Å². The van der Waals surface area contributed by atoms with Crippen molar-refractivity contribution in [3.63, 3.8) is 0 Å². The lowest BCUT2D eigenvalue weighted by Gasteiger charge is -2.33. The number of carbonyl (C=O) groups excluding carboxylic acids is 1. The number of nitrogens with one attached hydrogen (secondary N) is 1. The fourth-order valence-electron chi connectivity index (χ4n) is 2.91. The minimum Gasteiger partial charge on any atom is -0.339 e. The highest BCUT2D eigenvalue weighted by molar-refractivity contribution is 6.43. The fraction of sp³-hybridized carbons (Fsp3) is 0.389. The third kappa shape index (κ3) is 4.26. The highest BCUT2D eigenvalue weighted by Gasteiger charge is 2.23. The van der Waals surface area contributed by atoms with Gasteiger partial charge in [0.05, 0.1) is 15.7 Å². The highest BCUT2D eigenvalue weighted by Crippen LogP contribution is 2.31. The molecule has 0 radical (unpaired) electrons. The summed E-state index contributed by atoms with van der Waals surface area (Å²) in [6, 6.07) is 6.96. The van der Waals surface area contributed by atoms with E-state index in [9.17, 15) is 4.79 Å². The van der Waals surface area contributed by atoms with E-state index in [0.717, 1.165) is 19.6 Å². The number of hydrogen-bond donors (Lipinski definition) is 1. The number of halogens is 2. The van der Waals surface area contributed by atoms with Gasteiger partial charge in [0.1, 0.15) is 17.3 Å². The molecule has 26 heavy (non-hydrogen) atoms. The lowest BCUT2D eigenvalue weighted by molar-refractivity contribution is 0.0637. The van der Waals surface area contributed by atoms with Gasteiger partial charge in [-0.1, -0.05) is 36.2 Å². The third-order valence-corrected chi connectivity index (χ3v) is 5.20. The van der Waals surface area contributed by atoms with Gasteiger partial charge in [-0.15, -0.1) is 0 Å². The van der Waals surface area contributed by atoms with Gasteiger partial charge in [0, 0.05) is 32.2 Å². The van der Waals surface area contributed by atoms with Crippen LogP contribution in [-0.2, 0) is 0 Å². The van der Waals surface area contributed by atoms with E-state index in [0.29, 0.717) is 46.2 Å². The predicted molar refractivity (Wildman–Crippen MR) is 105 cm³/mol. The molecule has 0 spiro atoms. The van der Waals surface area contributed by atoms with Crippen LogP contribution in [0.5, 0.6) is 0 Å². The molecule has 1 amide bonds. The Morgan fingerprint density at radius 3 is 2.62 bits per heavy atom. The van der Waals surface area contributed by atoms with Crippen LogP contribution >= 0.6 is 23.2 Å². The molecule has 1 aliphatic heterocycles. The number of benzene rings is 1. The van der Waals surface area contributed by atoms with Crippen molar-refractivity contribution < 1.29 is 4.79 Å². The van der Waals surface area contributed by atoms with Crippen LogP contribution in [0.1, 0.15) is 23.2 Å². The molecule has 1 fully saturated rings. The van der Waals surface area contributed by atoms with Gasteiger partial charge in [-0.2, -0.15) is 0 Å². The first kappa shape index (κ1) is 18.9. The first-order valence-corrected chi connectivity index (χ1v) is 9.32. The quantitative estimate of drug-likeness (QED) is 0.859. The van der Waals surface area contributed by atoms with Gasteiger partial charge in [0.15, 0.2) is 0 Å². The summed E-state index contributed by atoms with van der Waals surface area (Å²) >= 11 is 12.3. The monoisotopic (exact) mass is 393 g/mol. The fourth-order valence-corrected chi connectivity index (χ4v) is 3.26. The Morgan fingerprint density at radius 1 is 1.19 bits per heavy atom. The third-order valence-electron chi connectivity index (χ3n) is 4.38. The summed E-state index contributed by atoms with van der Waals surface area (Å²) in [5, 5.41) is 3.98. The van der Waals surface area contributed by atoms with Crippen LogP contribution < -0.4 is 5.32 Å². The van der Waals surface area contributed by atoms with Crippen LogP contribution in [0.15, 0.2) is 24.3 Å². The van der Waals surface area contributed by atoms with Gasteiger partial charge >= 0.3 is 0 Å². The number of nitrogens with zero attached hydrogens (tertiary/aromatic N) is 4. The summed E-state index contributed by atoms with van der Waals surface area (Å²) in [7, 11) is 0. The molecular formula is C18H21Cl2N5O. The maximum Gasteiger partial charge on any atom is 0.272 e. The molecule has 0 bridgehead atoms. The lowest BCUT2D eigenvalue weighted by Crippen LogP contribution is -2.48. The standard InChI is InChI=1S/C18H21Cl2N5O/c1-3-24-7-9-25(10-8-24)18(26)15-11-16(22-12(2)21-15)23-14-6-4-5-13(19)17(14)20/h4-6,11H,3,7-10H2,1-2H3,(H,21,22,23). The lowest BCUT2D eigenvalue weighted by atomic mass is 10.2. The predicted octanol–water partition coefficient (Wildman–Crippen LogP) is 3.61. The van der Waals surface area contributed by atoms with Crippen molar-refractivity contribution in [3.05, 3.63) is 45.8 Å². The van der Waals surface area contributed by atoms with Crippen molar-refractivity contribution in [1.82, 2.24) is 19.8 Å². The first-order chi connectivity index (χ1) is 12.5. The molecule has 1 aromatic heterocycles. The van der Waals surface area contributed by atoms with E-state index in [2.05, 4.69) is 27.1 Å². The summed E-state index contributed by atoms with van der Waals surface area (Å²) in [6.07, 6.45) is 0. The Hall–Kier alpha value is -1.89. The molecule has 3 rings (SSSR count). The van der Waals surface area contributed by atoms with E-state index < -0.39 is 0 Å². The largest absolute Gasteiger partial charge is 0.339 e. The molecule has 138 valence electrons. The Balaban J connectivity index is 1.79. The van der Waals surface area contributed by atoms with E-state index in [1.807, 2.05) is 4.90 Å². The minimum absolute atomic E-state index is 0.0773. The molecule has 8 heteroatoms. The second-order valence-corrected chi connectivity index (χ2v) is 6.92. The summed E-state index contributed by atoms with van der Waals surface area (Å²) < 4.78 is 0. The van der Waals surface area contributed by atoms with Crippen LogP contribution in [0.3, 0.4) is 0 Å². The minimum atomic E-state index is -0.0773. The molecule has 0 atom stereocenters. The number of aromatic nitrogens is 2. The number of anilines is 2. The van der Waals surface area contributed by atoms with Gasteiger partial charge < -0.3 is 15.1 Å². The zero-order valence-electron chi connectivity index (χ0n) is 14.8. The number of hydrogen-bond acceptors (Lipinski definition) is 5. The van der Waals surface area contributed by atoms with Crippen molar-refractivity contribution in [1.29, 1.82) is 0 Å². The van der Waals surface area contributed by atoms with Crippen molar-refractivity contribution in [2.24, 2.45) is 0 Å². The number of amides is 1. The molecule has 6 nitrogen and oxygen atoms in total. The average molecular weight is 394 g/mol. The molecule has 1 aromatic carbocycles. The Labute approximate surface area is 163 Å². The summed E-state index contributed by atoms with van der Waals surface area (Å²) in [4.78, 5) is 25.6. The molecule has 0 aliphatic carbocycles. The molecule has 2 heterocycles. The summed E-state index contributed by atoms with van der Waals surface area (Å²) in [5.74, 6) is 0.951. The zero-order chi connectivity index (χ0) is 18.7. The van der Waals surface area contributed by atoms with Crippen LogP contribution in [0.25, 0.3) is 0 Å². The van der Waals surface area contributed by atoms with Crippen LogP contribution in [0.4, 0.5) is 11.5 Å². The number of rotatable bonds is 4. The number of carbonyl (C=O) groups is 1. The van der Waals surface area contributed by atoms with Gasteiger partial charge in [-0.05, 0) is 25.6 Å². The topological polar surface area (TPSA) is 61.4 Å². The van der Waals surface area contributed by atoms with Gasteiger partial charge in [-0.25, -0.2) is 9.97 Å². The van der Waals surface area contributed by atoms with Crippen LogP contribution in [0, 0.1) is 6.92 Å². The van der Waals surface area contributed by atoms with Gasteiger partial charge in [-0.3, -0.25) is 4.79 Å². The highest BCUT2D eigenvalue weighted by atomic mass is 35.5. The molecule has 1 saturated heterocycles. The van der Waals surface area contributed by atoms with E-state index in [1.54, 1.807) is 31.2 Å². The van der Waals surface area contributed by atoms with E-state index in [4.69, 9.17) is 23.2 Å². The first-order valence-electron chi connectivity index (χ1n) is 8.56. The number of piperazine rings is 1. The zero-order valence-corrected chi connectivity index (χ0v) is 16.3. The Morgan fingerprint density at radius 2 is 1.92 bits per heavy atom. The smallest absolute Gasteiger partial charge is 0.272 e. The molecule has 0 saturated carbocycles. The summed E-state index contributed by atoms with van der Waals surface area (Å²) in [6.45, 7) is 8.08. The van der Waals surface area contributed by atoms with Gasteiger partial charge in [0.2, 0.25) is 0 Å². The molecule has 0 unspecified atom stereocenters. The maximum absolute atomic E-state index is 12.8.